The van der Waals surface area contributed by atoms with E-state index in [0.29, 0.717) is 4.83 Å². The Kier molecular flexibility index (Phi) is 3.74. The van der Waals surface area contributed by atoms with Crippen LogP contribution < -0.4 is 0 Å². The van der Waals surface area contributed by atoms with Crippen molar-refractivity contribution in [2.24, 2.45) is 0 Å². The third kappa shape index (κ3) is 2.67. The van der Waals surface area contributed by atoms with Gasteiger partial charge < -0.3 is 4.74 Å². The van der Waals surface area contributed by atoms with Gasteiger partial charge in [-0.05, 0) is 20.3 Å². The van der Waals surface area contributed by atoms with Crippen LogP contribution in [0, 0.1) is 0 Å². The molecule has 0 rings (SSSR count). The van der Waals surface area contributed by atoms with Gasteiger partial charge in [0.05, 0.1) is 5.60 Å². The molecule has 1 atom stereocenters. The summed E-state index contributed by atoms with van der Waals surface area (Å²) >= 11 is 3.53. The smallest absolute Gasteiger partial charge is 0.0747 e. The van der Waals surface area contributed by atoms with Crippen molar-refractivity contribution in [2.45, 2.75) is 37.6 Å². The van der Waals surface area contributed by atoms with E-state index >= 15 is 0 Å². The second-order valence-corrected chi connectivity index (χ2v) is 3.79. The third-order valence-electron chi connectivity index (χ3n) is 1.64. The van der Waals surface area contributed by atoms with E-state index in [2.05, 4.69) is 36.7 Å². The summed E-state index contributed by atoms with van der Waals surface area (Å²) in [6.07, 6.45) is 1.10. The van der Waals surface area contributed by atoms with Crippen molar-refractivity contribution in [1.82, 2.24) is 0 Å². The Bertz CT molecular complexity index is 81.0. The minimum atomic E-state index is -0.0330. The van der Waals surface area contributed by atoms with Gasteiger partial charge in [-0.2, -0.15) is 0 Å². The zero-order valence-corrected chi connectivity index (χ0v) is 8.16. The molecule has 0 unspecified atom stereocenters. The lowest BCUT2D eigenvalue weighted by molar-refractivity contribution is 0.0218. The van der Waals surface area contributed by atoms with Crippen molar-refractivity contribution < 1.29 is 4.74 Å². The number of halogens is 1. The van der Waals surface area contributed by atoms with Crippen molar-refractivity contribution in [3.05, 3.63) is 0 Å². The molecule has 0 aromatic carbocycles. The normalized spacial score (nSPS) is 15.7. The number of alkyl halides is 1. The van der Waals surface area contributed by atoms with Crippen molar-refractivity contribution in [2.75, 3.05) is 7.11 Å². The molecule has 0 saturated heterocycles. The Labute approximate surface area is 65.9 Å². The topological polar surface area (TPSA) is 9.23 Å². The zero-order chi connectivity index (χ0) is 7.49. The van der Waals surface area contributed by atoms with Gasteiger partial charge in [-0.25, -0.2) is 0 Å². The van der Waals surface area contributed by atoms with Crippen LogP contribution in [0.2, 0.25) is 0 Å². The second kappa shape index (κ2) is 3.57. The van der Waals surface area contributed by atoms with E-state index in [0.717, 1.165) is 6.42 Å². The summed E-state index contributed by atoms with van der Waals surface area (Å²) < 4.78 is 5.24. The Balaban J connectivity index is 3.80. The highest BCUT2D eigenvalue weighted by Gasteiger charge is 2.24. The minimum absolute atomic E-state index is 0.0330. The molecular weight excluding hydrogens is 180 g/mol. The molecule has 0 fully saturated rings. The van der Waals surface area contributed by atoms with E-state index < -0.39 is 0 Å². The fourth-order valence-electron chi connectivity index (χ4n) is 0.619. The molecule has 0 heterocycles. The molecule has 2 heteroatoms. The van der Waals surface area contributed by atoms with Gasteiger partial charge in [-0.3, -0.25) is 0 Å². The SMILES string of the molecule is CC[C@@H](Br)C(C)(C)OC. The average molecular weight is 195 g/mol. The summed E-state index contributed by atoms with van der Waals surface area (Å²) in [7, 11) is 1.74. The van der Waals surface area contributed by atoms with E-state index in [4.69, 9.17) is 4.74 Å². The molecule has 0 N–H and O–H groups in total. The van der Waals surface area contributed by atoms with Crippen LogP contribution in [0.3, 0.4) is 0 Å². The first-order valence-electron chi connectivity index (χ1n) is 3.23. The molecule has 0 spiro atoms. The summed E-state index contributed by atoms with van der Waals surface area (Å²) in [6, 6.07) is 0. The largest absolute Gasteiger partial charge is 0.378 e. The van der Waals surface area contributed by atoms with Crippen LogP contribution >= 0.6 is 15.9 Å². The molecule has 0 aliphatic carbocycles. The molecular formula is C7H15BrO. The standard InChI is InChI=1S/C7H15BrO/c1-5-6(8)7(2,3)9-4/h6H,5H2,1-4H3/t6-/m1/s1. The van der Waals surface area contributed by atoms with Crippen molar-refractivity contribution in [3.63, 3.8) is 0 Å². The number of rotatable bonds is 3. The molecule has 0 radical (unpaired) electrons. The van der Waals surface area contributed by atoms with Crippen LogP contribution in [0.5, 0.6) is 0 Å². The van der Waals surface area contributed by atoms with Crippen LogP contribution in [0.15, 0.2) is 0 Å². The lowest BCUT2D eigenvalue weighted by Gasteiger charge is -2.27. The van der Waals surface area contributed by atoms with E-state index in [-0.39, 0.29) is 5.60 Å². The first-order chi connectivity index (χ1) is 4.04. The summed E-state index contributed by atoms with van der Waals surface area (Å²) in [4.78, 5) is 0.454. The maximum Gasteiger partial charge on any atom is 0.0747 e. The fraction of sp³-hybridized carbons (Fsp3) is 1.00. The highest BCUT2D eigenvalue weighted by Crippen LogP contribution is 2.23. The zero-order valence-electron chi connectivity index (χ0n) is 6.57. The summed E-state index contributed by atoms with van der Waals surface area (Å²) in [5, 5.41) is 0. The van der Waals surface area contributed by atoms with Gasteiger partial charge >= 0.3 is 0 Å². The average Bonchev–Trinajstić information content (AvgIpc) is 1.86. The van der Waals surface area contributed by atoms with Crippen molar-refractivity contribution >= 4 is 15.9 Å². The van der Waals surface area contributed by atoms with Gasteiger partial charge in [0.15, 0.2) is 0 Å². The lowest BCUT2D eigenvalue weighted by atomic mass is 10.0. The molecule has 56 valence electrons. The molecule has 1 nitrogen and oxygen atoms in total. The predicted molar refractivity (Wildman–Crippen MR) is 44.1 cm³/mol. The first kappa shape index (κ1) is 9.44. The van der Waals surface area contributed by atoms with Crippen LogP contribution in [0.4, 0.5) is 0 Å². The number of hydrogen-bond donors (Lipinski definition) is 0. The minimum Gasteiger partial charge on any atom is -0.378 e. The molecule has 0 amide bonds. The summed E-state index contributed by atoms with van der Waals surface area (Å²) in [5.74, 6) is 0. The van der Waals surface area contributed by atoms with Crippen molar-refractivity contribution in [3.8, 4) is 0 Å². The predicted octanol–water partition coefficient (Wildman–Crippen LogP) is 2.58. The monoisotopic (exact) mass is 194 g/mol. The number of ether oxygens (including phenoxy) is 1. The van der Waals surface area contributed by atoms with E-state index in [1.54, 1.807) is 7.11 Å². The van der Waals surface area contributed by atoms with Gasteiger partial charge in [0.25, 0.3) is 0 Å². The maximum atomic E-state index is 5.24. The lowest BCUT2D eigenvalue weighted by Crippen LogP contribution is -2.33. The molecule has 0 saturated carbocycles. The number of hydrogen-bond acceptors (Lipinski definition) is 1. The van der Waals surface area contributed by atoms with Crippen molar-refractivity contribution in [1.29, 1.82) is 0 Å². The van der Waals surface area contributed by atoms with Crippen LogP contribution in [0.1, 0.15) is 27.2 Å². The highest BCUT2D eigenvalue weighted by molar-refractivity contribution is 9.09. The molecule has 0 aromatic heterocycles. The first-order valence-corrected chi connectivity index (χ1v) is 4.15. The Hall–Kier alpha value is 0.440. The maximum absolute atomic E-state index is 5.24. The Morgan fingerprint density at radius 1 is 1.56 bits per heavy atom. The van der Waals surface area contributed by atoms with Gasteiger partial charge in [0.2, 0.25) is 0 Å². The molecule has 0 aliphatic heterocycles. The van der Waals surface area contributed by atoms with Crippen LogP contribution in [-0.4, -0.2) is 17.5 Å². The van der Waals surface area contributed by atoms with Gasteiger partial charge in [0, 0.05) is 11.9 Å². The highest BCUT2D eigenvalue weighted by atomic mass is 79.9. The van der Waals surface area contributed by atoms with E-state index in [9.17, 15) is 0 Å². The molecule has 9 heavy (non-hydrogen) atoms. The third-order valence-corrected chi connectivity index (χ3v) is 3.39. The Morgan fingerprint density at radius 3 is 2.11 bits per heavy atom. The van der Waals surface area contributed by atoms with Crippen LogP contribution in [0.25, 0.3) is 0 Å². The van der Waals surface area contributed by atoms with Gasteiger partial charge in [0.1, 0.15) is 0 Å². The van der Waals surface area contributed by atoms with Gasteiger partial charge in [-0.15, -0.1) is 0 Å². The quantitative estimate of drug-likeness (QED) is 0.629. The molecule has 0 aromatic rings. The summed E-state index contributed by atoms with van der Waals surface area (Å²) in [5.41, 5.74) is -0.0330. The van der Waals surface area contributed by atoms with E-state index in [1.807, 2.05) is 0 Å². The summed E-state index contributed by atoms with van der Waals surface area (Å²) in [6.45, 7) is 6.30. The Morgan fingerprint density at radius 2 is 2.00 bits per heavy atom. The number of methoxy groups -OCH3 is 1. The second-order valence-electron chi connectivity index (χ2n) is 2.68. The van der Waals surface area contributed by atoms with Gasteiger partial charge in [-0.1, -0.05) is 22.9 Å². The molecule has 0 aliphatic rings. The van der Waals surface area contributed by atoms with Crippen LogP contribution in [-0.2, 0) is 4.74 Å². The fourth-order valence-corrected chi connectivity index (χ4v) is 0.806. The van der Waals surface area contributed by atoms with E-state index in [1.165, 1.54) is 0 Å². The molecule has 0 bridgehead atoms.